The molecule has 1 aromatic heterocycles. The van der Waals surface area contributed by atoms with Crippen molar-refractivity contribution in [2.75, 3.05) is 24.7 Å². The molecular weight excluding hydrogens is 487 g/mol. The van der Waals surface area contributed by atoms with E-state index >= 15 is 0 Å². The smallest absolute Gasteiger partial charge is 0.322 e. The molecule has 0 radical (unpaired) electrons. The van der Waals surface area contributed by atoms with Gasteiger partial charge in [0.2, 0.25) is 21.8 Å². The number of hydrogen-bond acceptors (Lipinski definition) is 8. The summed E-state index contributed by atoms with van der Waals surface area (Å²) in [5.41, 5.74) is 0.486. The average molecular weight is 509 g/mol. The van der Waals surface area contributed by atoms with Crippen molar-refractivity contribution in [1.29, 1.82) is 0 Å². The highest BCUT2D eigenvalue weighted by molar-refractivity contribution is 7.90. The molecule has 1 aliphatic rings. The predicted molar refractivity (Wildman–Crippen MR) is 119 cm³/mol. The maximum Gasteiger partial charge on any atom is 0.322 e. The number of anilines is 1. The Kier molecular flexibility index (Phi) is 6.51. The first-order valence-electron chi connectivity index (χ1n) is 10.2. The van der Waals surface area contributed by atoms with Gasteiger partial charge < -0.3 is 4.42 Å². The molecule has 4 rings (SSSR count). The average Bonchev–Trinajstić information content (AvgIpc) is 3.27. The summed E-state index contributed by atoms with van der Waals surface area (Å²) < 4.78 is 68.4. The van der Waals surface area contributed by atoms with E-state index < -0.39 is 31.6 Å². The normalized spacial score (nSPS) is 15.8. The Balaban J connectivity index is 1.36. The van der Waals surface area contributed by atoms with Crippen molar-refractivity contribution in [2.45, 2.75) is 22.6 Å². The third-order valence-corrected chi connectivity index (χ3v) is 8.50. The number of carbonyl (C=O) groups is 1. The van der Waals surface area contributed by atoms with Crippen LogP contribution in [0, 0.1) is 11.7 Å². The maximum atomic E-state index is 13.1. The minimum atomic E-state index is -3.77. The second-order valence-corrected chi connectivity index (χ2v) is 11.8. The molecule has 10 nitrogen and oxygen atoms in total. The summed E-state index contributed by atoms with van der Waals surface area (Å²) in [7, 11) is -7.11. The molecule has 0 aliphatic carbocycles. The Morgan fingerprint density at radius 3 is 2.15 bits per heavy atom. The van der Waals surface area contributed by atoms with Crippen molar-refractivity contribution in [3.05, 3.63) is 54.3 Å². The zero-order chi connectivity index (χ0) is 24.5. The second kappa shape index (κ2) is 9.24. The lowest BCUT2D eigenvalue weighted by molar-refractivity contribution is -0.121. The van der Waals surface area contributed by atoms with Gasteiger partial charge in [-0.05, 0) is 61.4 Å². The molecule has 0 saturated carbocycles. The van der Waals surface area contributed by atoms with E-state index in [4.69, 9.17) is 4.42 Å². The molecule has 1 amide bonds. The Hall–Kier alpha value is -3.16. The molecule has 0 atom stereocenters. The van der Waals surface area contributed by atoms with Crippen molar-refractivity contribution in [3.63, 3.8) is 0 Å². The van der Waals surface area contributed by atoms with E-state index in [2.05, 4.69) is 15.5 Å². The molecule has 2 aromatic carbocycles. The van der Waals surface area contributed by atoms with E-state index in [9.17, 15) is 26.0 Å². The van der Waals surface area contributed by atoms with Crippen LogP contribution in [0.3, 0.4) is 0 Å². The van der Waals surface area contributed by atoms with Crippen LogP contribution in [0.4, 0.5) is 10.4 Å². The Morgan fingerprint density at radius 1 is 0.971 bits per heavy atom. The largest absolute Gasteiger partial charge is 0.403 e. The van der Waals surface area contributed by atoms with Gasteiger partial charge in [-0.15, -0.1) is 5.10 Å². The van der Waals surface area contributed by atoms with Gasteiger partial charge in [-0.1, -0.05) is 5.10 Å². The van der Waals surface area contributed by atoms with Gasteiger partial charge >= 0.3 is 6.01 Å². The van der Waals surface area contributed by atoms with Crippen LogP contribution in [0.5, 0.6) is 0 Å². The van der Waals surface area contributed by atoms with E-state index in [0.29, 0.717) is 18.4 Å². The lowest BCUT2D eigenvalue weighted by atomic mass is 9.97. The van der Waals surface area contributed by atoms with Crippen LogP contribution >= 0.6 is 0 Å². The van der Waals surface area contributed by atoms with Crippen LogP contribution in [0.25, 0.3) is 11.5 Å². The first-order valence-corrected chi connectivity index (χ1v) is 13.6. The summed E-state index contributed by atoms with van der Waals surface area (Å²) in [6.07, 6.45) is 1.69. The number of halogens is 1. The highest BCUT2D eigenvalue weighted by Crippen LogP contribution is 2.26. The SMILES string of the molecule is CS(=O)(=O)c1ccc(-c2nnc(NC(=O)C3CCN(S(=O)(=O)c4ccc(F)cc4)CC3)o2)cc1. The third-order valence-electron chi connectivity index (χ3n) is 5.46. The summed E-state index contributed by atoms with van der Waals surface area (Å²) in [4.78, 5) is 12.8. The van der Waals surface area contributed by atoms with Crippen LogP contribution in [0.2, 0.25) is 0 Å². The zero-order valence-corrected chi connectivity index (χ0v) is 19.6. The van der Waals surface area contributed by atoms with Crippen LogP contribution in [-0.4, -0.2) is 56.6 Å². The highest BCUT2D eigenvalue weighted by Gasteiger charge is 2.32. The fourth-order valence-electron chi connectivity index (χ4n) is 3.56. The molecule has 34 heavy (non-hydrogen) atoms. The third kappa shape index (κ3) is 5.16. The number of hydrogen-bond donors (Lipinski definition) is 1. The van der Waals surface area contributed by atoms with Gasteiger partial charge in [-0.25, -0.2) is 21.2 Å². The Labute approximate surface area is 195 Å². The van der Waals surface area contributed by atoms with Gasteiger partial charge in [0.25, 0.3) is 0 Å². The van der Waals surface area contributed by atoms with E-state index in [-0.39, 0.29) is 40.7 Å². The Morgan fingerprint density at radius 2 is 1.56 bits per heavy atom. The topological polar surface area (TPSA) is 140 Å². The summed E-state index contributed by atoms with van der Waals surface area (Å²) in [6.45, 7) is 0.277. The molecule has 0 spiro atoms. The molecule has 1 N–H and O–H groups in total. The molecule has 3 aromatic rings. The van der Waals surface area contributed by atoms with Gasteiger partial charge in [0.05, 0.1) is 9.79 Å². The first kappa shape index (κ1) is 24.0. The monoisotopic (exact) mass is 508 g/mol. The molecule has 1 aliphatic heterocycles. The first-order chi connectivity index (χ1) is 16.0. The number of amides is 1. The number of sulfonamides is 1. The van der Waals surface area contributed by atoms with Gasteiger partial charge in [0.15, 0.2) is 9.84 Å². The summed E-state index contributed by atoms with van der Waals surface area (Å²) >= 11 is 0. The highest BCUT2D eigenvalue weighted by atomic mass is 32.2. The van der Waals surface area contributed by atoms with Gasteiger partial charge in [-0.3, -0.25) is 10.1 Å². The molecule has 0 bridgehead atoms. The molecule has 2 heterocycles. The van der Waals surface area contributed by atoms with E-state index in [0.717, 1.165) is 18.4 Å². The number of piperidine rings is 1. The van der Waals surface area contributed by atoms with Crippen molar-refractivity contribution >= 4 is 31.8 Å². The molecule has 0 unspecified atom stereocenters. The van der Waals surface area contributed by atoms with Crippen LogP contribution in [0.15, 0.2) is 62.7 Å². The van der Waals surface area contributed by atoms with Gasteiger partial charge in [-0.2, -0.15) is 4.31 Å². The van der Waals surface area contributed by atoms with Crippen molar-refractivity contribution < 1.29 is 30.4 Å². The summed E-state index contributed by atoms with van der Waals surface area (Å²) in [5, 5.41) is 10.2. The lowest BCUT2D eigenvalue weighted by Crippen LogP contribution is -2.41. The zero-order valence-electron chi connectivity index (χ0n) is 18.0. The number of nitrogens with one attached hydrogen (secondary N) is 1. The van der Waals surface area contributed by atoms with Crippen LogP contribution in [-0.2, 0) is 24.7 Å². The van der Waals surface area contributed by atoms with Crippen molar-refractivity contribution in [1.82, 2.24) is 14.5 Å². The van der Waals surface area contributed by atoms with Crippen LogP contribution in [0.1, 0.15) is 12.8 Å². The number of sulfone groups is 1. The van der Waals surface area contributed by atoms with Crippen molar-refractivity contribution in [2.24, 2.45) is 5.92 Å². The standard InChI is InChI=1S/C21H21FN4O6S2/c1-33(28,29)17-6-2-15(3-7-17)20-24-25-21(32-20)23-19(27)14-10-12-26(13-11-14)34(30,31)18-8-4-16(22)5-9-18/h2-9,14H,10-13H2,1H3,(H,23,25,27). The summed E-state index contributed by atoms with van der Waals surface area (Å²) in [6, 6.07) is 10.4. The van der Waals surface area contributed by atoms with E-state index in [1.165, 1.54) is 40.7 Å². The number of rotatable bonds is 6. The molecule has 1 fully saturated rings. The number of carbonyl (C=O) groups excluding carboxylic acids is 1. The maximum absolute atomic E-state index is 13.1. The van der Waals surface area contributed by atoms with Gasteiger partial charge in [0.1, 0.15) is 5.82 Å². The quantitative estimate of drug-likeness (QED) is 0.535. The number of nitrogens with zero attached hydrogens (tertiary/aromatic N) is 3. The van der Waals surface area contributed by atoms with Gasteiger partial charge in [0, 0.05) is 30.8 Å². The lowest BCUT2D eigenvalue weighted by Gasteiger charge is -2.30. The molecule has 13 heteroatoms. The minimum Gasteiger partial charge on any atom is -0.403 e. The molecule has 1 saturated heterocycles. The fourth-order valence-corrected chi connectivity index (χ4v) is 5.66. The number of aromatic nitrogens is 2. The molecular formula is C21H21FN4O6S2. The van der Waals surface area contributed by atoms with E-state index in [1.54, 1.807) is 0 Å². The minimum absolute atomic E-state index is 0.000223. The fraction of sp³-hybridized carbons (Fsp3) is 0.286. The van der Waals surface area contributed by atoms with Crippen molar-refractivity contribution in [3.8, 4) is 11.5 Å². The second-order valence-electron chi connectivity index (χ2n) is 7.83. The van der Waals surface area contributed by atoms with E-state index in [1.807, 2.05) is 0 Å². The Bertz CT molecular complexity index is 1400. The molecule has 180 valence electrons. The summed E-state index contributed by atoms with van der Waals surface area (Å²) in [5.74, 6) is -1.24. The number of benzene rings is 2. The van der Waals surface area contributed by atoms with Crippen LogP contribution < -0.4 is 5.32 Å². The predicted octanol–water partition coefficient (Wildman–Crippen LogP) is 2.32.